The van der Waals surface area contributed by atoms with E-state index in [1.807, 2.05) is 0 Å². The van der Waals surface area contributed by atoms with Crippen LogP contribution >= 0.6 is 0 Å². The molecule has 18 heavy (non-hydrogen) atoms. The third kappa shape index (κ3) is 3.10. The minimum atomic E-state index is -5.49. The van der Waals surface area contributed by atoms with Gasteiger partial charge in [-0.2, -0.15) is 8.78 Å². The Labute approximate surface area is 102 Å². The molecule has 0 spiro atoms. The summed E-state index contributed by atoms with van der Waals surface area (Å²) < 4.78 is 82.2. The SMILES string of the molecule is CC(C)(C)C(F)(F)C(F)(OC(F)(F)F)C(C)(C)C. The maximum atomic E-state index is 14.4. The first kappa shape index (κ1) is 17.5. The first-order chi connectivity index (χ1) is 7.46. The molecular formula is C11H18F6O. The predicted molar refractivity (Wildman–Crippen MR) is 54.8 cm³/mol. The molecule has 0 saturated heterocycles. The zero-order valence-electron chi connectivity index (χ0n) is 11.2. The van der Waals surface area contributed by atoms with Crippen molar-refractivity contribution in [1.82, 2.24) is 0 Å². The molecule has 0 aliphatic rings. The summed E-state index contributed by atoms with van der Waals surface area (Å²) in [5.74, 6) is -8.48. The van der Waals surface area contributed by atoms with Gasteiger partial charge < -0.3 is 0 Å². The van der Waals surface area contributed by atoms with Gasteiger partial charge in [0.25, 0.3) is 5.85 Å². The van der Waals surface area contributed by atoms with Crippen molar-refractivity contribution in [1.29, 1.82) is 0 Å². The summed E-state index contributed by atoms with van der Waals surface area (Å²) in [6.07, 6.45) is -5.49. The average Bonchev–Trinajstić information content (AvgIpc) is 1.95. The second kappa shape index (κ2) is 4.28. The predicted octanol–water partition coefficient (Wildman–Crippen LogP) is 4.92. The van der Waals surface area contributed by atoms with Crippen LogP contribution in [0.5, 0.6) is 0 Å². The fourth-order valence-corrected chi connectivity index (χ4v) is 1.33. The van der Waals surface area contributed by atoms with Gasteiger partial charge in [0.05, 0.1) is 0 Å². The largest absolute Gasteiger partial charge is 0.525 e. The van der Waals surface area contributed by atoms with Gasteiger partial charge in [0.2, 0.25) is 0 Å². The number of hydrogen-bond donors (Lipinski definition) is 0. The summed E-state index contributed by atoms with van der Waals surface area (Å²) in [5.41, 5.74) is -4.08. The Morgan fingerprint density at radius 3 is 1.11 bits per heavy atom. The summed E-state index contributed by atoms with van der Waals surface area (Å²) in [7, 11) is 0. The van der Waals surface area contributed by atoms with Crippen LogP contribution in [0.3, 0.4) is 0 Å². The van der Waals surface area contributed by atoms with Crippen molar-refractivity contribution >= 4 is 0 Å². The van der Waals surface area contributed by atoms with Gasteiger partial charge in [0.15, 0.2) is 0 Å². The van der Waals surface area contributed by atoms with Crippen molar-refractivity contribution in [2.75, 3.05) is 0 Å². The van der Waals surface area contributed by atoms with E-state index in [4.69, 9.17) is 0 Å². The fourth-order valence-electron chi connectivity index (χ4n) is 1.33. The van der Waals surface area contributed by atoms with Crippen molar-refractivity contribution in [3.63, 3.8) is 0 Å². The highest BCUT2D eigenvalue weighted by molar-refractivity contribution is 5.01. The lowest BCUT2D eigenvalue weighted by molar-refractivity contribution is -0.460. The molecule has 110 valence electrons. The van der Waals surface area contributed by atoms with Crippen molar-refractivity contribution in [2.45, 2.75) is 59.7 Å². The average molecular weight is 280 g/mol. The minimum Gasteiger partial charge on any atom is -0.247 e. The Balaban J connectivity index is 5.81. The lowest BCUT2D eigenvalue weighted by Crippen LogP contribution is -2.62. The van der Waals surface area contributed by atoms with E-state index >= 15 is 0 Å². The Morgan fingerprint density at radius 1 is 0.611 bits per heavy atom. The van der Waals surface area contributed by atoms with Gasteiger partial charge in [-0.25, -0.2) is 9.13 Å². The first-order valence-corrected chi connectivity index (χ1v) is 5.29. The molecule has 0 aliphatic carbocycles. The molecule has 0 N–H and O–H groups in total. The molecule has 0 radical (unpaired) electrons. The van der Waals surface area contributed by atoms with Gasteiger partial charge in [-0.15, -0.1) is 13.2 Å². The zero-order valence-corrected chi connectivity index (χ0v) is 11.2. The molecule has 0 aromatic rings. The molecule has 0 amide bonds. The second-order valence-corrected chi connectivity index (χ2v) is 6.22. The Morgan fingerprint density at radius 2 is 0.944 bits per heavy atom. The highest BCUT2D eigenvalue weighted by Crippen LogP contribution is 2.55. The maximum absolute atomic E-state index is 14.4. The third-order valence-electron chi connectivity index (χ3n) is 2.57. The molecule has 0 aromatic carbocycles. The molecule has 0 aliphatic heterocycles. The number of alkyl halides is 6. The molecule has 0 bridgehead atoms. The van der Waals surface area contributed by atoms with Crippen molar-refractivity contribution in [3.8, 4) is 0 Å². The molecule has 0 heterocycles. The molecule has 1 nitrogen and oxygen atoms in total. The zero-order chi connectivity index (χ0) is 15.2. The smallest absolute Gasteiger partial charge is 0.247 e. The van der Waals surface area contributed by atoms with E-state index < -0.39 is 29.0 Å². The lowest BCUT2D eigenvalue weighted by atomic mass is 9.73. The van der Waals surface area contributed by atoms with Crippen LogP contribution in [-0.2, 0) is 4.74 Å². The van der Waals surface area contributed by atoms with Crippen LogP contribution < -0.4 is 0 Å². The van der Waals surface area contributed by atoms with E-state index in [-0.39, 0.29) is 0 Å². The van der Waals surface area contributed by atoms with Crippen LogP contribution in [0.15, 0.2) is 0 Å². The van der Waals surface area contributed by atoms with Crippen molar-refractivity contribution < 1.29 is 31.1 Å². The highest BCUT2D eigenvalue weighted by atomic mass is 19.4. The highest BCUT2D eigenvalue weighted by Gasteiger charge is 2.71. The van der Waals surface area contributed by atoms with Gasteiger partial charge >= 0.3 is 12.3 Å². The quantitative estimate of drug-likeness (QED) is 0.653. The van der Waals surface area contributed by atoms with E-state index in [0.29, 0.717) is 0 Å². The molecule has 0 fully saturated rings. The van der Waals surface area contributed by atoms with E-state index in [9.17, 15) is 26.3 Å². The monoisotopic (exact) mass is 280 g/mol. The van der Waals surface area contributed by atoms with Crippen LogP contribution in [0.2, 0.25) is 0 Å². The van der Waals surface area contributed by atoms with Crippen LogP contribution in [0.4, 0.5) is 26.3 Å². The van der Waals surface area contributed by atoms with Gasteiger partial charge in [-0.1, -0.05) is 41.5 Å². The van der Waals surface area contributed by atoms with E-state index in [0.717, 1.165) is 41.5 Å². The summed E-state index contributed by atoms with van der Waals surface area (Å²) in [4.78, 5) is 0. The lowest BCUT2D eigenvalue weighted by Gasteiger charge is -2.47. The van der Waals surface area contributed by atoms with Gasteiger partial charge in [0.1, 0.15) is 0 Å². The molecule has 0 rings (SSSR count). The number of rotatable bonds is 2. The van der Waals surface area contributed by atoms with Crippen LogP contribution in [0.25, 0.3) is 0 Å². The maximum Gasteiger partial charge on any atom is 0.525 e. The number of hydrogen-bond acceptors (Lipinski definition) is 1. The van der Waals surface area contributed by atoms with Crippen molar-refractivity contribution in [3.05, 3.63) is 0 Å². The number of halogens is 6. The standard InChI is InChI=1S/C11H18F6O/c1-7(2,3)9(12,13)10(14,8(4,5)6)18-11(15,16)17/h1-6H3. The molecule has 7 heteroatoms. The summed E-state index contributed by atoms with van der Waals surface area (Å²) in [5, 5.41) is 0. The molecule has 1 atom stereocenters. The summed E-state index contributed by atoms with van der Waals surface area (Å²) in [6, 6.07) is 0. The second-order valence-electron chi connectivity index (χ2n) is 6.22. The van der Waals surface area contributed by atoms with Gasteiger partial charge in [-0.3, -0.25) is 0 Å². The minimum absolute atomic E-state index is 0.929. The number of ether oxygens (including phenoxy) is 1. The fraction of sp³-hybridized carbons (Fsp3) is 1.00. The first-order valence-electron chi connectivity index (χ1n) is 5.29. The van der Waals surface area contributed by atoms with Crippen molar-refractivity contribution in [2.24, 2.45) is 10.8 Å². The normalized spacial score (nSPS) is 18.7. The molecule has 1 unspecified atom stereocenters. The van der Waals surface area contributed by atoms with E-state index in [1.54, 1.807) is 0 Å². The van der Waals surface area contributed by atoms with Crippen LogP contribution in [0, 0.1) is 10.8 Å². The van der Waals surface area contributed by atoms with Crippen LogP contribution in [-0.4, -0.2) is 18.1 Å². The van der Waals surface area contributed by atoms with E-state index in [2.05, 4.69) is 4.74 Å². The molecular weight excluding hydrogens is 262 g/mol. The Hall–Kier alpha value is -0.460. The Kier molecular flexibility index (Phi) is 4.17. The van der Waals surface area contributed by atoms with Gasteiger partial charge in [0, 0.05) is 10.8 Å². The molecule has 0 aromatic heterocycles. The summed E-state index contributed by atoms with van der Waals surface area (Å²) >= 11 is 0. The Bertz CT molecular complexity index is 296. The summed E-state index contributed by atoms with van der Waals surface area (Å²) in [6.45, 7) is 5.64. The topological polar surface area (TPSA) is 9.23 Å². The van der Waals surface area contributed by atoms with Gasteiger partial charge in [-0.05, 0) is 0 Å². The van der Waals surface area contributed by atoms with Crippen LogP contribution in [0.1, 0.15) is 41.5 Å². The molecule has 0 saturated carbocycles. The third-order valence-corrected chi connectivity index (χ3v) is 2.57. The van der Waals surface area contributed by atoms with E-state index in [1.165, 1.54) is 0 Å².